The number of carbonyl (C=O) groups is 1. The second-order valence-electron chi connectivity index (χ2n) is 6.36. The number of rotatable bonds is 8. The zero-order chi connectivity index (χ0) is 19.1. The van der Waals surface area contributed by atoms with Crippen LogP contribution in [0.15, 0.2) is 65.3 Å². The highest BCUT2D eigenvalue weighted by molar-refractivity contribution is 5.91. The Bertz CT molecular complexity index is 887. The molecule has 1 heterocycles. The highest BCUT2D eigenvalue weighted by atomic mass is 16.5. The van der Waals surface area contributed by atoms with E-state index in [1.54, 1.807) is 6.26 Å². The highest BCUT2D eigenvalue weighted by Crippen LogP contribution is 2.17. The van der Waals surface area contributed by atoms with Crippen LogP contribution in [0.1, 0.15) is 22.5 Å². The molecule has 0 saturated carbocycles. The van der Waals surface area contributed by atoms with Crippen LogP contribution in [0, 0.1) is 13.8 Å². The van der Waals surface area contributed by atoms with Crippen molar-refractivity contribution in [3.8, 4) is 5.75 Å². The third-order valence-electron chi connectivity index (χ3n) is 4.15. The Hall–Kier alpha value is -3.05. The molecule has 0 atom stereocenters. The van der Waals surface area contributed by atoms with Gasteiger partial charge in [0.05, 0.1) is 12.9 Å². The Morgan fingerprint density at radius 3 is 2.67 bits per heavy atom. The molecule has 140 valence electrons. The first-order valence-electron chi connectivity index (χ1n) is 8.79. The molecule has 1 aromatic heterocycles. The van der Waals surface area contributed by atoms with E-state index in [9.17, 15) is 4.79 Å². The van der Waals surface area contributed by atoms with Gasteiger partial charge < -0.3 is 19.2 Å². The van der Waals surface area contributed by atoms with E-state index in [1.165, 1.54) is 5.56 Å². The van der Waals surface area contributed by atoms with Gasteiger partial charge in [-0.1, -0.05) is 18.2 Å². The summed E-state index contributed by atoms with van der Waals surface area (Å²) in [5.74, 6) is 1.26. The summed E-state index contributed by atoms with van der Waals surface area (Å²) in [5, 5.41) is 2.84. The van der Waals surface area contributed by atoms with Crippen LogP contribution in [0.5, 0.6) is 5.75 Å². The summed E-state index contributed by atoms with van der Waals surface area (Å²) in [5.41, 5.74) is 4.00. The second kappa shape index (κ2) is 9.05. The van der Waals surface area contributed by atoms with E-state index in [0.717, 1.165) is 16.9 Å². The minimum absolute atomic E-state index is 0.0400. The van der Waals surface area contributed by atoms with Crippen LogP contribution >= 0.6 is 0 Å². The average Bonchev–Trinajstić information content (AvgIpc) is 3.16. The smallest absolute Gasteiger partial charge is 0.262 e. The largest absolute Gasteiger partial charge is 0.484 e. The van der Waals surface area contributed by atoms with Gasteiger partial charge >= 0.3 is 0 Å². The first-order valence-corrected chi connectivity index (χ1v) is 8.79. The number of carbonyl (C=O) groups excluding carboxylic acids is 1. The minimum atomic E-state index is -0.207. The van der Waals surface area contributed by atoms with Crippen molar-refractivity contribution < 1.29 is 18.7 Å². The number of amides is 1. The maximum atomic E-state index is 12.1. The molecular weight excluding hydrogens is 342 g/mol. The summed E-state index contributed by atoms with van der Waals surface area (Å²) in [6.45, 7) is 4.86. The van der Waals surface area contributed by atoms with Crippen molar-refractivity contribution in [1.82, 2.24) is 0 Å². The third-order valence-corrected chi connectivity index (χ3v) is 4.15. The standard InChI is InChI=1S/C22H23NO4/c1-16-8-9-20(11-17(16)2)27-15-22(24)23-19-6-3-5-18(12-19)13-25-14-21-7-4-10-26-21/h3-12H,13-15H2,1-2H3,(H,23,24). The molecule has 0 saturated heterocycles. The number of benzene rings is 2. The normalized spacial score (nSPS) is 10.6. The van der Waals surface area contributed by atoms with E-state index in [2.05, 4.69) is 5.32 Å². The van der Waals surface area contributed by atoms with Gasteiger partial charge in [-0.05, 0) is 66.9 Å². The number of hydrogen-bond acceptors (Lipinski definition) is 4. The van der Waals surface area contributed by atoms with Crippen molar-refractivity contribution in [2.24, 2.45) is 0 Å². The Kier molecular flexibility index (Phi) is 6.28. The van der Waals surface area contributed by atoms with Gasteiger partial charge in [0.1, 0.15) is 18.1 Å². The van der Waals surface area contributed by atoms with Crippen molar-refractivity contribution in [1.29, 1.82) is 0 Å². The van der Waals surface area contributed by atoms with Gasteiger partial charge in [0.15, 0.2) is 6.61 Å². The monoisotopic (exact) mass is 365 g/mol. The molecule has 0 aliphatic heterocycles. The van der Waals surface area contributed by atoms with E-state index < -0.39 is 0 Å². The van der Waals surface area contributed by atoms with Crippen molar-refractivity contribution >= 4 is 11.6 Å². The molecule has 5 heteroatoms. The molecule has 0 aliphatic carbocycles. The molecule has 2 aromatic carbocycles. The van der Waals surface area contributed by atoms with Gasteiger partial charge in [-0.25, -0.2) is 0 Å². The Morgan fingerprint density at radius 2 is 1.89 bits per heavy atom. The minimum Gasteiger partial charge on any atom is -0.484 e. The molecule has 27 heavy (non-hydrogen) atoms. The fraction of sp³-hybridized carbons (Fsp3) is 0.227. The molecule has 0 aliphatic rings. The summed E-state index contributed by atoms with van der Waals surface area (Å²) in [7, 11) is 0. The molecule has 1 amide bonds. The van der Waals surface area contributed by atoms with Gasteiger partial charge in [0, 0.05) is 5.69 Å². The van der Waals surface area contributed by atoms with Crippen LogP contribution in [-0.4, -0.2) is 12.5 Å². The van der Waals surface area contributed by atoms with Gasteiger partial charge in [-0.2, -0.15) is 0 Å². The first-order chi connectivity index (χ1) is 13.1. The quantitative estimate of drug-likeness (QED) is 0.632. The van der Waals surface area contributed by atoms with Gasteiger partial charge in [-0.3, -0.25) is 4.79 Å². The SMILES string of the molecule is Cc1ccc(OCC(=O)Nc2cccc(COCc3ccco3)c2)cc1C. The van der Waals surface area contributed by atoms with E-state index in [1.807, 2.05) is 68.4 Å². The van der Waals surface area contributed by atoms with Crippen molar-refractivity contribution in [2.75, 3.05) is 11.9 Å². The summed E-state index contributed by atoms with van der Waals surface area (Å²) < 4.78 is 16.4. The second-order valence-corrected chi connectivity index (χ2v) is 6.36. The molecule has 0 radical (unpaired) electrons. The molecule has 3 aromatic rings. The Labute approximate surface area is 158 Å². The number of hydrogen-bond donors (Lipinski definition) is 1. The lowest BCUT2D eigenvalue weighted by atomic mass is 10.1. The lowest BCUT2D eigenvalue weighted by molar-refractivity contribution is -0.118. The summed E-state index contributed by atoms with van der Waals surface area (Å²) in [6, 6.07) is 17.0. The van der Waals surface area contributed by atoms with Crippen LogP contribution in [-0.2, 0) is 22.7 Å². The lowest BCUT2D eigenvalue weighted by Crippen LogP contribution is -2.20. The van der Waals surface area contributed by atoms with Crippen LogP contribution < -0.4 is 10.1 Å². The lowest BCUT2D eigenvalue weighted by Gasteiger charge is -2.10. The Balaban J connectivity index is 1.47. The highest BCUT2D eigenvalue weighted by Gasteiger charge is 2.06. The zero-order valence-electron chi connectivity index (χ0n) is 15.5. The summed E-state index contributed by atoms with van der Waals surface area (Å²) >= 11 is 0. The van der Waals surface area contributed by atoms with Gasteiger partial charge in [-0.15, -0.1) is 0 Å². The van der Waals surface area contributed by atoms with Crippen LogP contribution in [0.3, 0.4) is 0 Å². The van der Waals surface area contributed by atoms with Crippen LogP contribution in [0.4, 0.5) is 5.69 Å². The summed E-state index contributed by atoms with van der Waals surface area (Å²) in [6.07, 6.45) is 1.62. The fourth-order valence-electron chi connectivity index (χ4n) is 2.55. The fourth-order valence-corrected chi connectivity index (χ4v) is 2.55. The number of nitrogens with one attached hydrogen (secondary N) is 1. The van der Waals surface area contributed by atoms with Gasteiger partial charge in [0.2, 0.25) is 0 Å². The first kappa shape index (κ1) is 18.7. The molecule has 0 unspecified atom stereocenters. The topological polar surface area (TPSA) is 60.7 Å². The van der Waals surface area contributed by atoms with E-state index in [-0.39, 0.29) is 12.5 Å². The molecule has 0 fully saturated rings. The third kappa shape index (κ3) is 5.72. The number of ether oxygens (including phenoxy) is 2. The van der Waals surface area contributed by atoms with Crippen LogP contribution in [0.25, 0.3) is 0 Å². The summed E-state index contributed by atoms with van der Waals surface area (Å²) in [4.78, 5) is 12.1. The number of anilines is 1. The average molecular weight is 365 g/mol. The molecule has 3 rings (SSSR count). The maximum absolute atomic E-state index is 12.1. The maximum Gasteiger partial charge on any atom is 0.262 e. The molecule has 0 bridgehead atoms. The number of furan rings is 1. The van der Waals surface area contributed by atoms with Crippen molar-refractivity contribution in [2.45, 2.75) is 27.1 Å². The van der Waals surface area contributed by atoms with Gasteiger partial charge in [0.25, 0.3) is 5.91 Å². The predicted octanol–water partition coefficient (Wildman–Crippen LogP) is 4.63. The van der Waals surface area contributed by atoms with Crippen molar-refractivity contribution in [3.63, 3.8) is 0 Å². The number of aryl methyl sites for hydroxylation is 2. The molecule has 1 N–H and O–H groups in total. The predicted molar refractivity (Wildman–Crippen MR) is 104 cm³/mol. The van der Waals surface area contributed by atoms with E-state index in [4.69, 9.17) is 13.9 Å². The Morgan fingerprint density at radius 1 is 1.00 bits per heavy atom. The molecule has 5 nitrogen and oxygen atoms in total. The molecule has 0 spiro atoms. The van der Waals surface area contributed by atoms with Crippen LogP contribution in [0.2, 0.25) is 0 Å². The van der Waals surface area contributed by atoms with Crippen molar-refractivity contribution in [3.05, 3.63) is 83.3 Å². The van der Waals surface area contributed by atoms with E-state index >= 15 is 0 Å². The zero-order valence-corrected chi connectivity index (χ0v) is 15.5. The van der Waals surface area contributed by atoms with E-state index in [0.29, 0.717) is 24.7 Å². The molecular formula is C22H23NO4.